The summed E-state index contributed by atoms with van der Waals surface area (Å²) in [7, 11) is 0. The first-order valence-corrected chi connectivity index (χ1v) is 6.79. The number of benzene rings is 1. The molecule has 1 aromatic carbocycles. The fourth-order valence-corrected chi connectivity index (χ4v) is 1.81. The van der Waals surface area contributed by atoms with Crippen LogP contribution in [0, 0.1) is 6.92 Å². The molecule has 20 heavy (non-hydrogen) atoms. The van der Waals surface area contributed by atoms with E-state index in [4.69, 9.17) is 9.15 Å². The number of furan rings is 1. The Labute approximate surface area is 119 Å². The topological polar surface area (TPSA) is 54.6 Å². The average molecular weight is 275 g/mol. The van der Waals surface area contributed by atoms with E-state index >= 15 is 0 Å². The molecule has 0 bridgehead atoms. The van der Waals surface area contributed by atoms with Gasteiger partial charge >= 0.3 is 0 Å². The second kappa shape index (κ2) is 7.12. The molecule has 2 aromatic rings. The van der Waals surface area contributed by atoms with Crippen molar-refractivity contribution in [3.8, 4) is 5.75 Å². The van der Waals surface area contributed by atoms with Crippen molar-refractivity contribution in [2.45, 2.75) is 26.0 Å². The highest BCUT2D eigenvalue weighted by Crippen LogP contribution is 2.13. The van der Waals surface area contributed by atoms with Gasteiger partial charge in [-0.2, -0.15) is 0 Å². The van der Waals surface area contributed by atoms with E-state index in [9.17, 15) is 5.11 Å². The van der Waals surface area contributed by atoms with Crippen LogP contribution in [-0.4, -0.2) is 24.3 Å². The number of aliphatic hydroxyl groups excluding tert-OH is 1. The first-order valence-electron chi connectivity index (χ1n) is 6.79. The van der Waals surface area contributed by atoms with E-state index in [1.165, 1.54) is 5.56 Å². The van der Waals surface area contributed by atoms with Crippen LogP contribution in [0.4, 0.5) is 0 Å². The lowest BCUT2D eigenvalue weighted by atomic mass is 10.2. The van der Waals surface area contributed by atoms with Crippen LogP contribution in [-0.2, 0) is 0 Å². The minimum atomic E-state index is -0.633. The van der Waals surface area contributed by atoms with Crippen molar-refractivity contribution < 1.29 is 14.3 Å². The number of rotatable bonds is 7. The van der Waals surface area contributed by atoms with Crippen LogP contribution in [0.15, 0.2) is 47.1 Å². The van der Waals surface area contributed by atoms with Crippen LogP contribution in [0.1, 0.15) is 24.4 Å². The molecule has 2 unspecified atom stereocenters. The average Bonchev–Trinajstić information content (AvgIpc) is 2.98. The summed E-state index contributed by atoms with van der Waals surface area (Å²) in [4.78, 5) is 0. The van der Waals surface area contributed by atoms with Crippen LogP contribution in [0.25, 0.3) is 0 Å². The highest BCUT2D eigenvalue weighted by Gasteiger charge is 2.11. The van der Waals surface area contributed by atoms with Gasteiger partial charge in [-0.1, -0.05) is 17.7 Å². The van der Waals surface area contributed by atoms with Crippen LogP contribution < -0.4 is 10.1 Å². The van der Waals surface area contributed by atoms with Gasteiger partial charge < -0.3 is 19.6 Å². The molecule has 0 aliphatic heterocycles. The number of nitrogens with one attached hydrogen (secondary N) is 1. The molecular weight excluding hydrogens is 254 g/mol. The van der Waals surface area contributed by atoms with Crippen LogP contribution in [0.5, 0.6) is 5.75 Å². The van der Waals surface area contributed by atoms with Crippen molar-refractivity contribution >= 4 is 0 Å². The second-order valence-corrected chi connectivity index (χ2v) is 4.96. The van der Waals surface area contributed by atoms with Crippen molar-refractivity contribution in [3.63, 3.8) is 0 Å². The summed E-state index contributed by atoms with van der Waals surface area (Å²) in [5.41, 5.74) is 1.21. The molecule has 0 amide bonds. The van der Waals surface area contributed by atoms with Gasteiger partial charge in [-0.3, -0.25) is 0 Å². The molecule has 2 N–H and O–H groups in total. The maximum absolute atomic E-state index is 9.88. The monoisotopic (exact) mass is 275 g/mol. The Morgan fingerprint density at radius 1 is 1.25 bits per heavy atom. The van der Waals surface area contributed by atoms with E-state index in [1.54, 1.807) is 18.4 Å². The summed E-state index contributed by atoms with van der Waals surface area (Å²) in [6.07, 6.45) is 0.925. The Morgan fingerprint density at radius 2 is 2.00 bits per heavy atom. The molecule has 0 spiro atoms. The predicted octanol–water partition coefficient (Wildman–Crippen LogP) is 2.68. The molecule has 1 heterocycles. The standard InChI is InChI=1S/C16H21NO3/c1-12-5-7-14(8-6-12)20-11-13(2)17-10-15(18)16-4-3-9-19-16/h3-9,13,15,17-18H,10-11H2,1-2H3. The summed E-state index contributed by atoms with van der Waals surface area (Å²) in [5, 5.41) is 13.1. The molecule has 0 fully saturated rings. The number of ether oxygens (including phenoxy) is 1. The third kappa shape index (κ3) is 4.40. The number of aryl methyl sites for hydroxylation is 1. The molecule has 4 nitrogen and oxygen atoms in total. The van der Waals surface area contributed by atoms with Crippen LogP contribution in [0.3, 0.4) is 0 Å². The molecule has 0 saturated carbocycles. The summed E-state index contributed by atoms with van der Waals surface area (Å²) in [6, 6.07) is 11.6. The maximum atomic E-state index is 9.88. The van der Waals surface area contributed by atoms with Crippen molar-refractivity contribution in [1.82, 2.24) is 5.32 Å². The Morgan fingerprint density at radius 3 is 2.65 bits per heavy atom. The van der Waals surface area contributed by atoms with E-state index in [0.29, 0.717) is 18.9 Å². The zero-order chi connectivity index (χ0) is 14.4. The first kappa shape index (κ1) is 14.6. The van der Waals surface area contributed by atoms with Gasteiger partial charge in [0.2, 0.25) is 0 Å². The molecule has 108 valence electrons. The third-order valence-corrected chi connectivity index (χ3v) is 3.05. The lowest BCUT2D eigenvalue weighted by Gasteiger charge is -2.17. The lowest BCUT2D eigenvalue weighted by molar-refractivity contribution is 0.139. The molecule has 0 aliphatic carbocycles. The predicted molar refractivity (Wildman–Crippen MR) is 77.8 cm³/mol. The fraction of sp³-hybridized carbons (Fsp3) is 0.375. The van der Waals surface area contributed by atoms with Gasteiger partial charge in [0.1, 0.15) is 24.2 Å². The minimum Gasteiger partial charge on any atom is -0.492 e. The van der Waals surface area contributed by atoms with Gasteiger partial charge in [-0.05, 0) is 38.1 Å². The van der Waals surface area contributed by atoms with Crippen LogP contribution >= 0.6 is 0 Å². The van der Waals surface area contributed by atoms with E-state index in [2.05, 4.69) is 5.32 Å². The van der Waals surface area contributed by atoms with Crippen molar-refractivity contribution in [2.24, 2.45) is 0 Å². The third-order valence-electron chi connectivity index (χ3n) is 3.05. The highest BCUT2D eigenvalue weighted by atomic mass is 16.5. The Hall–Kier alpha value is -1.78. The number of aliphatic hydroxyl groups is 1. The molecule has 1 aromatic heterocycles. The highest BCUT2D eigenvalue weighted by molar-refractivity contribution is 5.26. The van der Waals surface area contributed by atoms with Gasteiger partial charge in [-0.25, -0.2) is 0 Å². The Kier molecular flexibility index (Phi) is 5.21. The summed E-state index contributed by atoms with van der Waals surface area (Å²) in [5.74, 6) is 1.43. The molecule has 0 saturated heterocycles. The van der Waals surface area contributed by atoms with Crippen LogP contribution in [0.2, 0.25) is 0 Å². The van der Waals surface area contributed by atoms with Gasteiger partial charge in [-0.15, -0.1) is 0 Å². The Bertz CT molecular complexity index is 493. The summed E-state index contributed by atoms with van der Waals surface area (Å²) in [6.45, 7) is 5.05. The van der Waals surface area contributed by atoms with Crippen molar-refractivity contribution in [1.29, 1.82) is 0 Å². The number of hydrogen-bond acceptors (Lipinski definition) is 4. The lowest BCUT2D eigenvalue weighted by Crippen LogP contribution is -2.34. The summed E-state index contributed by atoms with van der Waals surface area (Å²) < 4.78 is 10.8. The fourth-order valence-electron chi connectivity index (χ4n) is 1.81. The molecule has 4 heteroatoms. The van der Waals surface area contributed by atoms with Crippen molar-refractivity contribution in [2.75, 3.05) is 13.2 Å². The smallest absolute Gasteiger partial charge is 0.133 e. The van der Waals surface area contributed by atoms with E-state index < -0.39 is 6.10 Å². The SMILES string of the molecule is Cc1ccc(OCC(C)NCC(O)c2ccco2)cc1. The van der Waals surface area contributed by atoms with E-state index in [-0.39, 0.29) is 6.04 Å². The quantitative estimate of drug-likeness (QED) is 0.815. The van der Waals surface area contributed by atoms with Gasteiger partial charge in [0.15, 0.2) is 0 Å². The van der Waals surface area contributed by atoms with Gasteiger partial charge in [0.05, 0.1) is 6.26 Å². The van der Waals surface area contributed by atoms with Gasteiger partial charge in [0, 0.05) is 12.6 Å². The molecular formula is C16H21NO3. The largest absolute Gasteiger partial charge is 0.492 e. The number of hydrogen-bond donors (Lipinski definition) is 2. The second-order valence-electron chi connectivity index (χ2n) is 4.96. The normalized spacial score (nSPS) is 13.9. The zero-order valence-electron chi connectivity index (χ0n) is 11.9. The molecule has 2 atom stereocenters. The molecule has 0 radical (unpaired) electrons. The van der Waals surface area contributed by atoms with E-state index in [1.807, 2.05) is 38.1 Å². The van der Waals surface area contributed by atoms with Crippen molar-refractivity contribution in [3.05, 3.63) is 54.0 Å². The summed E-state index contributed by atoms with van der Waals surface area (Å²) >= 11 is 0. The molecule has 0 aliphatic rings. The van der Waals surface area contributed by atoms with E-state index in [0.717, 1.165) is 5.75 Å². The first-order chi connectivity index (χ1) is 9.65. The molecule has 2 rings (SSSR count). The Balaban J connectivity index is 1.70. The van der Waals surface area contributed by atoms with Gasteiger partial charge in [0.25, 0.3) is 0 Å². The minimum absolute atomic E-state index is 0.140. The maximum Gasteiger partial charge on any atom is 0.133 e. The zero-order valence-corrected chi connectivity index (χ0v) is 11.9.